The van der Waals surface area contributed by atoms with Crippen molar-refractivity contribution >= 4 is 22.9 Å². The highest BCUT2D eigenvalue weighted by Crippen LogP contribution is 2.30. The highest BCUT2D eigenvalue weighted by Gasteiger charge is 2.23. The Labute approximate surface area is 169 Å². The van der Waals surface area contributed by atoms with E-state index in [1.54, 1.807) is 0 Å². The number of pyridine rings is 2. The minimum absolute atomic E-state index is 0.427. The van der Waals surface area contributed by atoms with Gasteiger partial charge in [-0.05, 0) is 49.2 Å². The van der Waals surface area contributed by atoms with E-state index in [0.29, 0.717) is 10.9 Å². The Hall–Kier alpha value is -2.85. The summed E-state index contributed by atoms with van der Waals surface area (Å²) in [5.74, 6) is 0.427. The first kappa shape index (κ1) is 17.3. The van der Waals surface area contributed by atoms with E-state index in [4.69, 9.17) is 16.6 Å². The van der Waals surface area contributed by atoms with Gasteiger partial charge < -0.3 is 4.90 Å². The summed E-state index contributed by atoms with van der Waals surface area (Å²) < 4.78 is 2.01. The normalized spacial score (nSPS) is 17.2. The second-order valence-corrected chi connectivity index (χ2v) is 7.72. The van der Waals surface area contributed by atoms with Crippen LogP contribution in [0.5, 0.6) is 0 Å². The number of halogens is 1. The van der Waals surface area contributed by atoms with E-state index in [0.717, 1.165) is 35.8 Å². The number of aromatic nitrogens is 3. The zero-order chi connectivity index (χ0) is 18.9. The summed E-state index contributed by atoms with van der Waals surface area (Å²) in [5, 5.41) is 0.689. The number of fused-ring (bicyclic) bond motifs is 1. The first-order valence-corrected chi connectivity index (χ1v) is 10.1. The topological polar surface area (TPSA) is 33.4 Å². The Balaban J connectivity index is 1.46. The molecule has 0 bridgehead atoms. The van der Waals surface area contributed by atoms with Gasteiger partial charge in [-0.15, -0.1) is 0 Å². The molecule has 1 aliphatic heterocycles. The number of piperidine rings is 1. The van der Waals surface area contributed by atoms with Gasteiger partial charge in [0.05, 0.1) is 22.6 Å². The summed E-state index contributed by atoms with van der Waals surface area (Å²) in [6, 6.07) is 20.7. The number of imidazole rings is 1. The van der Waals surface area contributed by atoms with Gasteiger partial charge in [0, 0.05) is 36.6 Å². The van der Waals surface area contributed by atoms with Crippen molar-refractivity contribution in [3.05, 3.63) is 83.8 Å². The van der Waals surface area contributed by atoms with E-state index < -0.39 is 0 Å². The van der Waals surface area contributed by atoms with Crippen LogP contribution in [0.15, 0.2) is 73.1 Å². The summed E-state index contributed by atoms with van der Waals surface area (Å²) in [6.07, 6.45) is 6.11. The van der Waals surface area contributed by atoms with Crippen LogP contribution in [0.3, 0.4) is 0 Å². The summed E-state index contributed by atoms with van der Waals surface area (Å²) in [6.45, 7) is 2.10. The molecule has 140 valence electrons. The predicted octanol–water partition coefficient (Wildman–Crippen LogP) is 5.43. The maximum Gasteiger partial charge on any atom is 0.137 e. The summed E-state index contributed by atoms with van der Waals surface area (Å²) >= 11 is 6.19. The maximum atomic E-state index is 6.19. The molecule has 0 saturated carbocycles. The average molecular weight is 389 g/mol. The van der Waals surface area contributed by atoms with Crippen molar-refractivity contribution in [2.45, 2.75) is 18.8 Å². The lowest BCUT2D eigenvalue weighted by Crippen LogP contribution is -2.34. The van der Waals surface area contributed by atoms with E-state index in [-0.39, 0.29) is 0 Å². The van der Waals surface area contributed by atoms with Crippen molar-refractivity contribution in [2.24, 2.45) is 0 Å². The summed E-state index contributed by atoms with van der Waals surface area (Å²) in [5.41, 5.74) is 5.22. The van der Waals surface area contributed by atoms with Crippen molar-refractivity contribution in [3.63, 3.8) is 0 Å². The average Bonchev–Trinajstić information content (AvgIpc) is 3.18. The third-order valence-corrected chi connectivity index (χ3v) is 5.69. The van der Waals surface area contributed by atoms with E-state index in [2.05, 4.69) is 52.3 Å². The number of hydrogen-bond acceptors (Lipinski definition) is 3. The molecule has 3 aromatic heterocycles. The van der Waals surface area contributed by atoms with Gasteiger partial charge in [0.15, 0.2) is 0 Å². The van der Waals surface area contributed by atoms with Gasteiger partial charge in [-0.3, -0.25) is 9.38 Å². The van der Waals surface area contributed by atoms with E-state index in [1.807, 2.05) is 35.0 Å². The molecular formula is C23H21ClN4. The summed E-state index contributed by atoms with van der Waals surface area (Å²) in [7, 11) is 0. The molecule has 5 rings (SSSR count). The van der Waals surface area contributed by atoms with Gasteiger partial charge in [0.1, 0.15) is 5.65 Å². The molecule has 1 atom stereocenters. The summed E-state index contributed by atoms with van der Waals surface area (Å²) in [4.78, 5) is 12.0. The van der Waals surface area contributed by atoms with E-state index >= 15 is 0 Å². The Morgan fingerprint density at radius 2 is 1.86 bits per heavy atom. The monoisotopic (exact) mass is 388 g/mol. The molecule has 28 heavy (non-hydrogen) atoms. The molecule has 4 nitrogen and oxygen atoms in total. The zero-order valence-corrected chi connectivity index (χ0v) is 16.3. The lowest BCUT2D eigenvalue weighted by molar-refractivity contribution is 0.502. The molecule has 0 spiro atoms. The van der Waals surface area contributed by atoms with Crippen LogP contribution in [0, 0.1) is 0 Å². The van der Waals surface area contributed by atoms with Crippen molar-refractivity contribution in [1.82, 2.24) is 14.4 Å². The molecule has 4 aromatic rings. The lowest BCUT2D eigenvalue weighted by Gasteiger charge is -2.34. The third kappa shape index (κ3) is 3.25. The van der Waals surface area contributed by atoms with Crippen LogP contribution in [0.4, 0.5) is 5.69 Å². The van der Waals surface area contributed by atoms with Crippen molar-refractivity contribution in [1.29, 1.82) is 0 Å². The molecule has 5 heteroatoms. The molecular weight excluding hydrogens is 368 g/mol. The molecule has 0 radical (unpaired) electrons. The van der Waals surface area contributed by atoms with E-state index in [1.165, 1.54) is 18.5 Å². The largest absolute Gasteiger partial charge is 0.371 e. The first-order valence-electron chi connectivity index (χ1n) is 9.68. The van der Waals surface area contributed by atoms with Crippen LogP contribution >= 0.6 is 11.6 Å². The smallest absolute Gasteiger partial charge is 0.137 e. The number of nitrogens with zero attached hydrogens (tertiary/aromatic N) is 4. The maximum absolute atomic E-state index is 6.19. The number of benzene rings is 1. The molecule has 0 N–H and O–H groups in total. The van der Waals surface area contributed by atoms with Gasteiger partial charge in [-0.25, -0.2) is 4.98 Å². The number of anilines is 1. The molecule has 1 saturated heterocycles. The van der Waals surface area contributed by atoms with Gasteiger partial charge in [-0.2, -0.15) is 0 Å². The van der Waals surface area contributed by atoms with Crippen LogP contribution < -0.4 is 4.90 Å². The van der Waals surface area contributed by atoms with Crippen LogP contribution in [0.2, 0.25) is 5.02 Å². The Morgan fingerprint density at radius 1 is 0.964 bits per heavy atom. The quantitative estimate of drug-likeness (QED) is 0.469. The molecule has 1 fully saturated rings. The molecule has 0 amide bonds. The highest BCUT2D eigenvalue weighted by atomic mass is 35.5. The second kappa shape index (κ2) is 7.28. The zero-order valence-electron chi connectivity index (χ0n) is 15.5. The van der Waals surface area contributed by atoms with Crippen LogP contribution in [-0.4, -0.2) is 27.5 Å². The van der Waals surface area contributed by atoms with Crippen molar-refractivity contribution < 1.29 is 0 Å². The molecule has 4 heterocycles. The van der Waals surface area contributed by atoms with Crippen LogP contribution in [0.1, 0.15) is 24.5 Å². The second-order valence-electron chi connectivity index (χ2n) is 7.29. The van der Waals surface area contributed by atoms with Crippen molar-refractivity contribution in [2.75, 3.05) is 18.0 Å². The number of para-hydroxylation sites is 1. The van der Waals surface area contributed by atoms with Gasteiger partial charge in [0.25, 0.3) is 0 Å². The van der Waals surface area contributed by atoms with Gasteiger partial charge in [-0.1, -0.05) is 35.9 Å². The fourth-order valence-electron chi connectivity index (χ4n) is 4.06. The van der Waals surface area contributed by atoms with Crippen LogP contribution in [-0.2, 0) is 0 Å². The lowest BCUT2D eigenvalue weighted by atomic mass is 9.93. The van der Waals surface area contributed by atoms with Crippen molar-refractivity contribution in [3.8, 4) is 11.4 Å². The fourth-order valence-corrected chi connectivity index (χ4v) is 4.22. The molecule has 1 aliphatic rings. The molecule has 1 aromatic carbocycles. The number of hydrogen-bond donors (Lipinski definition) is 0. The minimum atomic E-state index is 0.427. The minimum Gasteiger partial charge on any atom is -0.371 e. The molecule has 0 unspecified atom stereocenters. The number of rotatable bonds is 3. The molecule has 0 aliphatic carbocycles. The van der Waals surface area contributed by atoms with E-state index in [9.17, 15) is 0 Å². The van der Waals surface area contributed by atoms with Gasteiger partial charge in [0.2, 0.25) is 0 Å². The predicted molar refractivity (Wildman–Crippen MR) is 114 cm³/mol. The van der Waals surface area contributed by atoms with Gasteiger partial charge >= 0.3 is 0 Å². The van der Waals surface area contributed by atoms with Crippen LogP contribution in [0.25, 0.3) is 17.0 Å². The fraction of sp³-hybridized carbons (Fsp3) is 0.217. The highest BCUT2D eigenvalue weighted by molar-refractivity contribution is 6.30. The SMILES string of the molecule is Clc1ccc2ncc(-c3cccc([C@H]4CCCN(c5ccccc5)C4)n3)n2c1. The Bertz CT molecular complexity index is 1110. The third-order valence-electron chi connectivity index (χ3n) is 5.46. The Kier molecular flexibility index (Phi) is 4.49. The standard InChI is InChI=1S/C23H21ClN4/c24-18-11-12-23-25-14-22(28(23)16-18)21-10-4-9-20(26-21)17-6-5-13-27(15-17)19-7-2-1-3-8-19/h1-4,7-12,14,16-17H,5-6,13,15H2/t17-/m0/s1. The Morgan fingerprint density at radius 3 is 2.75 bits per heavy atom. The first-order chi connectivity index (χ1) is 13.8.